The molecule has 1 aromatic carbocycles. The first-order valence-corrected chi connectivity index (χ1v) is 8.35. The van der Waals surface area contributed by atoms with Crippen LogP contribution in [0.2, 0.25) is 0 Å². The molecule has 1 unspecified atom stereocenters. The molecular formula is C14H17F3O6S. The highest BCUT2D eigenvalue weighted by atomic mass is 32.2. The third kappa shape index (κ3) is 5.68. The Morgan fingerprint density at radius 2 is 1.79 bits per heavy atom. The molecule has 24 heavy (non-hydrogen) atoms. The van der Waals surface area contributed by atoms with E-state index >= 15 is 0 Å². The van der Waals surface area contributed by atoms with Gasteiger partial charge in [0.2, 0.25) is 0 Å². The van der Waals surface area contributed by atoms with E-state index < -0.39 is 33.4 Å². The van der Waals surface area contributed by atoms with Crippen LogP contribution in [0.3, 0.4) is 0 Å². The molecule has 136 valence electrons. The maximum Gasteiger partial charge on any atom is 0.534 e. The molecule has 0 fully saturated rings. The average Bonchev–Trinajstić information content (AvgIpc) is 2.46. The Labute approximate surface area is 137 Å². The van der Waals surface area contributed by atoms with Crippen molar-refractivity contribution in [2.24, 2.45) is 0 Å². The van der Waals surface area contributed by atoms with Gasteiger partial charge in [-0.15, -0.1) is 0 Å². The summed E-state index contributed by atoms with van der Waals surface area (Å²) >= 11 is 0. The van der Waals surface area contributed by atoms with Crippen LogP contribution in [0.4, 0.5) is 13.2 Å². The number of carboxylic acids is 1. The van der Waals surface area contributed by atoms with Crippen LogP contribution in [0.5, 0.6) is 5.75 Å². The normalized spacial score (nSPS) is 14.9. The zero-order valence-electron chi connectivity index (χ0n) is 12.9. The maximum absolute atomic E-state index is 12.2. The molecule has 6 nitrogen and oxygen atoms in total. The number of carboxylic acid groups (broad SMARTS) is 1. The average molecular weight is 370 g/mol. The highest BCUT2D eigenvalue weighted by molar-refractivity contribution is 7.87. The van der Waals surface area contributed by atoms with Crippen LogP contribution < -0.4 is 4.18 Å². The molecule has 0 spiro atoms. The summed E-state index contributed by atoms with van der Waals surface area (Å²) in [6, 6.07) is 4.58. The van der Waals surface area contributed by atoms with Crippen molar-refractivity contribution < 1.29 is 40.4 Å². The van der Waals surface area contributed by atoms with E-state index in [0.29, 0.717) is 12.0 Å². The Bertz CT molecular complexity index is 654. The summed E-state index contributed by atoms with van der Waals surface area (Å²) in [5.74, 6) is -1.69. The first-order valence-electron chi connectivity index (χ1n) is 6.94. The van der Waals surface area contributed by atoms with E-state index in [2.05, 4.69) is 4.18 Å². The highest BCUT2D eigenvalue weighted by Gasteiger charge is 2.48. The molecule has 0 amide bonds. The summed E-state index contributed by atoms with van der Waals surface area (Å²) in [4.78, 5) is 11.2. The van der Waals surface area contributed by atoms with Gasteiger partial charge in [-0.05, 0) is 31.0 Å². The summed E-state index contributed by atoms with van der Waals surface area (Å²) in [6.45, 7) is 3.55. The van der Waals surface area contributed by atoms with Crippen molar-refractivity contribution in [3.8, 4) is 5.75 Å². The van der Waals surface area contributed by atoms with Crippen molar-refractivity contribution in [3.63, 3.8) is 0 Å². The molecule has 0 saturated heterocycles. The Morgan fingerprint density at radius 3 is 2.21 bits per heavy atom. The van der Waals surface area contributed by atoms with Gasteiger partial charge in [-0.1, -0.05) is 19.1 Å². The predicted molar refractivity (Wildman–Crippen MR) is 78.0 cm³/mol. The van der Waals surface area contributed by atoms with Gasteiger partial charge in [-0.25, -0.2) is 4.79 Å². The van der Waals surface area contributed by atoms with Crippen molar-refractivity contribution >= 4 is 16.1 Å². The topological polar surface area (TPSA) is 89.9 Å². The summed E-state index contributed by atoms with van der Waals surface area (Å²) in [5.41, 5.74) is -5.08. The third-order valence-electron chi connectivity index (χ3n) is 3.08. The number of rotatable bonds is 8. The van der Waals surface area contributed by atoms with E-state index in [1.807, 2.05) is 6.92 Å². The van der Waals surface area contributed by atoms with Crippen LogP contribution in [-0.4, -0.2) is 37.2 Å². The molecular weight excluding hydrogens is 353 g/mol. The summed E-state index contributed by atoms with van der Waals surface area (Å²) in [7, 11) is -5.74. The molecule has 2 atom stereocenters. The Morgan fingerprint density at radius 1 is 1.25 bits per heavy atom. The van der Waals surface area contributed by atoms with Crippen molar-refractivity contribution in [1.29, 1.82) is 0 Å². The molecule has 0 aromatic heterocycles. The van der Waals surface area contributed by atoms with Crippen molar-refractivity contribution in [1.82, 2.24) is 0 Å². The van der Waals surface area contributed by atoms with Gasteiger partial charge in [0, 0.05) is 6.42 Å². The lowest BCUT2D eigenvalue weighted by Gasteiger charge is -2.18. The number of alkyl halides is 3. The van der Waals surface area contributed by atoms with E-state index in [1.54, 1.807) is 6.92 Å². The Hall–Kier alpha value is -1.81. The molecule has 1 aromatic rings. The minimum atomic E-state index is -5.74. The van der Waals surface area contributed by atoms with Crippen LogP contribution in [0.25, 0.3) is 0 Å². The lowest BCUT2D eigenvalue weighted by molar-refractivity contribution is -0.153. The van der Waals surface area contributed by atoms with E-state index in [1.165, 1.54) is 12.1 Å². The standard InChI is InChI=1S/C14H17F3O6S/c1-3-9(2)22-12(13(18)19)8-10-4-6-11(7-5-10)23-24(20,21)14(15,16)17/h4-7,9,12H,3,8H2,1-2H3,(H,18,19)/t9?,12-/m0/s1. The Kier molecular flexibility index (Phi) is 6.61. The lowest BCUT2D eigenvalue weighted by atomic mass is 10.1. The van der Waals surface area contributed by atoms with Gasteiger partial charge in [0.1, 0.15) is 5.75 Å². The second-order valence-corrected chi connectivity index (χ2v) is 6.55. The van der Waals surface area contributed by atoms with Crippen molar-refractivity contribution in [3.05, 3.63) is 29.8 Å². The maximum atomic E-state index is 12.2. The van der Waals surface area contributed by atoms with Crippen LogP contribution in [-0.2, 0) is 26.1 Å². The molecule has 1 N–H and O–H groups in total. The van der Waals surface area contributed by atoms with E-state index in [4.69, 9.17) is 9.84 Å². The molecule has 0 bridgehead atoms. The fourth-order valence-electron chi connectivity index (χ4n) is 1.64. The van der Waals surface area contributed by atoms with E-state index in [9.17, 15) is 26.4 Å². The first kappa shape index (κ1) is 20.2. The van der Waals surface area contributed by atoms with Gasteiger partial charge in [0.25, 0.3) is 0 Å². The summed E-state index contributed by atoms with van der Waals surface area (Å²) in [5, 5.41) is 9.12. The largest absolute Gasteiger partial charge is 0.534 e. The quantitative estimate of drug-likeness (QED) is 0.559. The van der Waals surface area contributed by atoms with Crippen LogP contribution in [0, 0.1) is 0 Å². The zero-order valence-corrected chi connectivity index (χ0v) is 13.7. The van der Waals surface area contributed by atoms with Crippen molar-refractivity contribution in [2.75, 3.05) is 0 Å². The second kappa shape index (κ2) is 7.84. The van der Waals surface area contributed by atoms with Crippen LogP contribution >= 0.6 is 0 Å². The molecule has 1 rings (SSSR count). The lowest BCUT2D eigenvalue weighted by Crippen LogP contribution is -2.30. The number of hydrogen-bond donors (Lipinski definition) is 1. The summed E-state index contributed by atoms with van der Waals surface area (Å²) < 4.78 is 67.7. The minimum Gasteiger partial charge on any atom is -0.479 e. The number of carbonyl (C=O) groups is 1. The Balaban J connectivity index is 2.82. The molecule has 0 aliphatic carbocycles. The van der Waals surface area contributed by atoms with E-state index in [0.717, 1.165) is 12.1 Å². The molecule has 0 aliphatic heterocycles. The van der Waals surface area contributed by atoms with Crippen LogP contribution in [0.15, 0.2) is 24.3 Å². The highest BCUT2D eigenvalue weighted by Crippen LogP contribution is 2.27. The molecule has 10 heteroatoms. The zero-order chi connectivity index (χ0) is 18.5. The second-order valence-electron chi connectivity index (χ2n) is 5.01. The van der Waals surface area contributed by atoms with Crippen molar-refractivity contribution in [2.45, 2.75) is 44.4 Å². The predicted octanol–water partition coefficient (Wildman–Crippen LogP) is 2.73. The number of benzene rings is 1. The summed E-state index contributed by atoms with van der Waals surface area (Å²) in [6.07, 6.45) is -0.797. The molecule has 0 aliphatic rings. The van der Waals surface area contributed by atoms with Gasteiger partial charge < -0.3 is 14.0 Å². The molecule has 0 radical (unpaired) electrons. The SMILES string of the molecule is CCC(C)O[C@@H](Cc1ccc(OS(=O)(=O)C(F)(F)F)cc1)C(=O)O. The fraction of sp³-hybridized carbons (Fsp3) is 0.500. The number of ether oxygens (including phenoxy) is 1. The fourth-order valence-corrected chi connectivity index (χ4v) is 2.10. The van der Waals surface area contributed by atoms with Gasteiger partial charge >= 0.3 is 21.6 Å². The molecule has 0 saturated carbocycles. The third-order valence-corrected chi connectivity index (χ3v) is 4.06. The van der Waals surface area contributed by atoms with Gasteiger partial charge in [0.15, 0.2) is 6.10 Å². The number of hydrogen-bond acceptors (Lipinski definition) is 5. The monoisotopic (exact) mass is 370 g/mol. The van der Waals surface area contributed by atoms with E-state index in [-0.39, 0.29) is 12.5 Å². The van der Waals surface area contributed by atoms with Gasteiger partial charge in [-0.3, -0.25) is 0 Å². The minimum absolute atomic E-state index is 0.0219. The van der Waals surface area contributed by atoms with Crippen LogP contribution in [0.1, 0.15) is 25.8 Å². The number of halogens is 3. The first-order chi connectivity index (χ1) is 11.0. The molecule has 0 heterocycles. The van der Waals surface area contributed by atoms with Gasteiger partial charge in [-0.2, -0.15) is 21.6 Å². The smallest absolute Gasteiger partial charge is 0.479 e. The van der Waals surface area contributed by atoms with Gasteiger partial charge in [0.05, 0.1) is 6.10 Å². The number of aliphatic carboxylic acids is 1.